The van der Waals surface area contributed by atoms with E-state index in [1.54, 1.807) is 30.3 Å². The molecule has 0 aliphatic heterocycles. The maximum absolute atomic E-state index is 13.8. The van der Waals surface area contributed by atoms with Gasteiger partial charge in [-0.15, -0.1) is 0 Å². The van der Waals surface area contributed by atoms with E-state index in [2.05, 4.69) is 0 Å². The molecule has 0 radical (unpaired) electrons. The Morgan fingerprint density at radius 3 is 2.70 bits per heavy atom. The standard InChI is InChI=1S/C15H14Cl2FNO/c1-9(19)12-7-11(16)5-6-14(12)20-8-10-3-2-4-13(17)15(10)18/h2-7,9H,8,19H2,1H3/t9-/m1/s1. The van der Waals surface area contributed by atoms with E-state index in [-0.39, 0.29) is 17.7 Å². The van der Waals surface area contributed by atoms with Crippen molar-refractivity contribution < 1.29 is 9.13 Å². The van der Waals surface area contributed by atoms with Gasteiger partial charge >= 0.3 is 0 Å². The number of nitrogens with two attached hydrogens (primary N) is 1. The molecule has 2 nitrogen and oxygen atoms in total. The molecule has 2 N–H and O–H groups in total. The average molecular weight is 314 g/mol. The van der Waals surface area contributed by atoms with Gasteiger partial charge in [-0.2, -0.15) is 0 Å². The van der Waals surface area contributed by atoms with Crippen LogP contribution in [0.3, 0.4) is 0 Å². The quantitative estimate of drug-likeness (QED) is 0.885. The largest absolute Gasteiger partial charge is 0.488 e. The Kier molecular flexibility index (Phi) is 4.86. The minimum Gasteiger partial charge on any atom is -0.488 e. The Bertz CT molecular complexity index is 617. The lowest BCUT2D eigenvalue weighted by Gasteiger charge is -2.15. The van der Waals surface area contributed by atoms with E-state index in [0.29, 0.717) is 16.3 Å². The van der Waals surface area contributed by atoms with Gasteiger partial charge in [-0.05, 0) is 31.2 Å². The fourth-order valence-electron chi connectivity index (χ4n) is 1.82. The molecule has 0 bridgehead atoms. The highest BCUT2D eigenvalue weighted by molar-refractivity contribution is 6.31. The molecular formula is C15H14Cl2FNO. The highest BCUT2D eigenvalue weighted by atomic mass is 35.5. The van der Waals surface area contributed by atoms with Crippen LogP contribution in [0.1, 0.15) is 24.1 Å². The minimum atomic E-state index is -0.467. The fourth-order valence-corrected chi connectivity index (χ4v) is 2.20. The molecular weight excluding hydrogens is 300 g/mol. The van der Waals surface area contributed by atoms with Gasteiger partial charge < -0.3 is 10.5 Å². The lowest BCUT2D eigenvalue weighted by atomic mass is 10.1. The van der Waals surface area contributed by atoms with Crippen LogP contribution < -0.4 is 10.5 Å². The van der Waals surface area contributed by atoms with Gasteiger partial charge in [0.05, 0.1) is 5.02 Å². The minimum absolute atomic E-state index is 0.0771. The molecule has 0 heterocycles. The van der Waals surface area contributed by atoms with Crippen LogP contribution in [0.2, 0.25) is 10.0 Å². The summed E-state index contributed by atoms with van der Waals surface area (Å²) in [5.41, 5.74) is 7.04. The van der Waals surface area contributed by atoms with E-state index in [1.165, 1.54) is 6.07 Å². The van der Waals surface area contributed by atoms with Crippen molar-refractivity contribution in [2.45, 2.75) is 19.6 Å². The molecule has 106 valence electrons. The Balaban J connectivity index is 2.21. The van der Waals surface area contributed by atoms with Gasteiger partial charge in [-0.25, -0.2) is 4.39 Å². The molecule has 2 aromatic carbocycles. The first kappa shape index (κ1) is 15.1. The molecule has 5 heteroatoms. The van der Waals surface area contributed by atoms with Crippen molar-refractivity contribution in [3.63, 3.8) is 0 Å². The van der Waals surface area contributed by atoms with Crippen molar-refractivity contribution >= 4 is 23.2 Å². The summed E-state index contributed by atoms with van der Waals surface area (Å²) in [5.74, 6) is 0.120. The Morgan fingerprint density at radius 1 is 1.25 bits per heavy atom. The molecule has 0 unspecified atom stereocenters. The van der Waals surface area contributed by atoms with Crippen molar-refractivity contribution in [3.05, 3.63) is 63.4 Å². The van der Waals surface area contributed by atoms with Gasteiger partial charge in [0.2, 0.25) is 0 Å². The smallest absolute Gasteiger partial charge is 0.148 e. The molecule has 2 aromatic rings. The molecule has 0 aromatic heterocycles. The molecule has 0 saturated heterocycles. The molecule has 20 heavy (non-hydrogen) atoms. The predicted molar refractivity (Wildman–Crippen MR) is 79.8 cm³/mol. The zero-order valence-corrected chi connectivity index (χ0v) is 12.4. The number of hydrogen-bond acceptors (Lipinski definition) is 2. The van der Waals surface area contributed by atoms with Gasteiger partial charge in [0.1, 0.15) is 18.2 Å². The first-order valence-corrected chi connectivity index (χ1v) is 6.85. The second-order valence-corrected chi connectivity index (χ2v) is 5.32. The summed E-state index contributed by atoms with van der Waals surface area (Å²) in [6, 6.07) is 9.75. The summed E-state index contributed by atoms with van der Waals surface area (Å²) in [6.45, 7) is 1.91. The Hall–Kier alpha value is -1.29. The Labute approximate surface area is 127 Å². The summed E-state index contributed by atoms with van der Waals surface area (Å²) in [4.78, 5) is 0. The van der Waals surface area contributed by atoms with Crippen LogP contribution in [0.25, 0.3) is 0 Å². The maximum Gasteiger partial charge on any atom is 0.148 e. The van der Waals surface area contributed by atoms with Gasteiger partial charge in [-0.3, -0.25) is 0 Å². The van der Waals surface area contributed by atoms with Crippen molar-refractivity contribution in [3.8, 4) is 5.75 Å². The maximum atomic E-state index is 13.8. The topological polar surface area (TPSA) is 35.2 Å². The van der Waals surface area contributed by atoms with Crippen molar-refractivity contribution in [1.82, 2.24) is 0 Å². The summed E-state index contributed by atoms with van der Waals surface area (Å²) in [5, 5.41) is 0.660. The number of benzene rings is 2. The fraction of sp³-hybridized carbons (Fsp3) is 0.200. The number of hydrogen-bond donors (Lipinski definition) is 1. The van der Waals surface area contributed by atoms with E-state index in [4.69, 9.17) is 33.7 Å². The average Bonchev–Trinajstić information content (AvgIpc) is 2.41. The first-order valence-electron chi connectivity index (χ1n) is 6.09. The van der Waals surface area contributed by atoms with Crippen molar-refractivity contribution in [2.75, 3.05) is 0 Å². The molecule has 0 aliphatic carbocycles. The molecule has 1 atom stereocenters. The van der Waals surface area contributed by atoms with E-state index in [9.17, 15) is 4.39 Å². The Morgan fingerprint density at radius 2 is 2.00 bits per heavy atom. The SMILES string of the molecule is C[C@@H](N)c1cc(Cl)ccc1OCc1cccc(Cl)c1F. The number of ether oxygens (including phenoxy) is 1. The van der Waals surface area contributed by atoms with Gasteiger partial charge in [-0.1, -0.05) is 35.3 Å². The summed E-state index contributed by atoms with van der Waals surface area (Å²) in [7, 11) is 0. The third-order valence-electron chi connectivity index (χ3n) is 2.88. The molecule has 0 aliphatic rings. The third kappa shape index (κ3) is 3.42. The van der Waals surface area contributed by atoms with E-state index in [0.717, 1.165) is 5.56 Å². The van der Waals surface area contributed by atoms with Gasteiger partial charge in [0, 0.05) is 22.2 Å². The monoisotopic (exact) mass is 313 g/mol. The van der Waals surface area contributed by atoms with Crippen LogP contribution >= 0.6 is 23.2 Å². The van der Waals surface area contributed by atoms with Gasteiger partial charge in [0.15, 0.2) is 0 Å². The van der Waals surface area contributed by atoms with Crippen LogP contribution in [0.15, 0.2) is 36.4 Å². The highest BCUT2D eigenvalue weighted by Crippen LogP contribution is 2.28. The molecule has 2 rings (SSSR count). The second kappa shape index (κ2) is 6.44. The van der Waals surface area contributed by atoms with Crippen molar-refractivity contribution in [1.29, 1.82) is 0 Å². The van der Waals surface area contributed by atoms with Crippen LogP contribution in [0.5, 0.6) is 5.75 Å². The third-order valence-corrected chi connectivity index (χ3v) is 3.40. The van der Waals surface area contributed by atoms with Crippen LogP contribution in [0, 0.1) is 5.82 Å². The number of rotatable bonds is 4. The summed E-state index contributed by atoms with van der Waals surface area (Å²) < 4.78 is 19.4. The van der Waals surface area contributed by atoms with E-state index < -0.39 is 5.82 Å². The molecule has 0 amide bonds. The summed E-state index contributed by atoms with van der Waals surface area (Å²) in [6.07, 6.45) is 0. The van der Waals surface area contributed by atoms with Crippen LogP contribution in [0.4, 0.5) is 4.39 Å². The molecule has 0 fully saturated rings. The van der Waals surface area contributed by atoms with E-state index in [1.807, 2.05) is 6.92 Å². The van der Waals surface area contributed by atoms with Crippen LogP contribution in [-0.4, -0.2) is 0 Å². The molecule has 0 saturated carbocycles. The lowest BCUT2D eigenvalue weighted by molar-refractivity contribution is 0.295. The van der Waals surface area contributed by atoms with E-state index >= 15 is 0 Å². The lowest BCUT2D eigenvalue weighted by Crippen LogP contribution is -2.08. The first-order chi connectivity index (χ1) is 9.49. The highest BCUT2D eigenvalue weighted by Gasteiger charge is 2.11. The van der Waals surface area contributed by atoms with Crippen LogP contribution in [-0.2, 0) is 6.61 Å². The predicted octanol–water partition coefficient (Wildman–Crippen LogP) is 4.73. The van der Waals surface area contributed by atoms with Gasteiger partial charge in [0.25, 0.3) is 0 Å². The second-order valence-electron chi connectivity index (χ2n) is 4.47. The van der Waals surface area contributed by atoms with Crippen molar-refractivity contribution in [2.24, 2.45) is 5.73 Å². The summed E-state index contributed by atoms with van der Waals surface area (Å²) >= 11 is 11.7. The zero-order chi connectivity index (χ0) is 14.7. The molecule has 0 spiro atoms. The number of halogens is 3. The normalized spacial score (nSPS) is 12.2. The zero-order valence-electron chi connectivity index (χ0n) is 10.9.